The molecular weight excluding hydrogens is 302 g/mol. The molecule has 1 amide bonds. The summed E-state index contributed by atoms with van der Waals surface area (Å²) in [5.74, 6) is -0.165. The van der Waals surface area contributed by atoms with Gasteiger partial charge in [-0.3, -0.25) is 9.78 Å². The Morgan fingerprint density at radius 2 is 2.27 bits per heavy atom. The Hall–Kier alpha value is -2.47. The van der Waals surface area contributed by atoms with Gasteiger partial charge in [0.1, 0.15) is 12.7 Å². The van der Waals surface area contributed by atoms with E-state index in [1.807, 2.05) is 6.92 Å². The minimum Gasteiger partial charge on any atom is -0.350 e. The summed E-state index contributed by atoms with van der Waals surface area (Å²) in [4.78, 5) is 20.6. The van der Waals surface area contributed by atoms with E-state index in [9.17, 15) is 4.79 Å². The first-order chi connectivity index (χ1) is 10.6. The number of carbonyl (C=O) groups is 1. The van der Waals surface area contributed by atoms with Crippen molar-refractivity contribution in [2.75, 3.05) is 6.54 Å². The molecule has 0 aliphatic carbocycles. The van der Waals surface area contributed by atoms with Gasteiger partial charge in [0.2, 0.25) is 0 Å². The van der Waals surface area contributed by atoms with Crippen LogP contribution in [0.25, 0.3) is 10.9 Å². The van der Waals surface area contributed by atoms with E-state index in [0.717, 1.165) is 10.9 Å². The molecule has 0 spiro atoms. The lowest BCUT2D eigenvalue weighted by molar-refractivity contribution is 0.0949. The van der Waals surface area contributed by atoms with Crippen molar-refractivity contribution in [1.82, 2.24) is 25.1 Å². The number of aromatic nitrogens is 4. The van der Waals surface area contributed by atoms with Crippen LogP contribution >= 0.6 is 11.6 Å². The molecule has 22 heavy (non-hydrogen) atoms. The summed E-state index contributed by atoms with van der Waals surface area (Å²) in [5, 5.41) is 8.27. The van der Waals surface area contributed by atoms with Gasteiger partial charge in [-0.2, -0.15) is 5.10 Å². The number of nitrogens with zero attached hydrogens (tertiary/aromatic N) is 4. The van der Waals surface area contributed by atoms with E-state index in [-0.39, 0.29) is 11.9 Å². The minimum atomic E-state index is -0.165. The molecule has 6 nitrogen and oxygen atoms in total. The van der Waals surface area contributed by atoms with E-state index in [1.165, 1.54) is 6.33 Å². The number of hydrogen-bond donors (Lipinski definition) is 1. The maximum absolute atomic E-state index is 12.4. The van der Waals surface area contributed by atoms with Crippen LogP contribution in [-0.2, 0) is 0 Å². The molecular formula is C15H14ClN5O. The number of pyridine rings is 1. The zero-order valence-corrected chi connectivity index (χ0v) is 12.7. The summed E-state index contributed by atoms with van der Waals surface area (Å²) in [7, 11) is 0. The topological polar surface area (TPSA) is 72.7 Å². The molecule has 3 rings (SSSR count). The first kappa shape index (κ1) is 14.5. The first-order valence-electron chi connectivity index (χ1n) is 6.82. The van der Waals surface area contributed by atoms with Gasteiger partial charge in [0.25, 0.3) is 5.91 Å². The fraction of sp³-hybridized carbons (Fsp3) is 0.200. The zero-order valence-electron chi connectivity index (χ0n) is 11.9. The second-order valence-corrected chi connectivity index (χ2v) is 5.39. The third kappa shape index (κ3) is 2.92. The summed E-state index contributed by atoms with van der Waals surface area (Å²) >= 11 is 6.01. The van der Waals surface area contributed by atoms with Crippen molar-refractivity contribution in [3.8, 4) is 0 Å². The van der Waals surface area contributed by atoms with Gasteiger partial charge in [-0.15, -0.1) is 0 Å². The van der Waals surface area contributed by atoms with Gasteiger partial charge in [0, 0.05) is 23.2 Å². The molecule has 3 aromatic rings. The number of hydrogen-bond acceptors (Lipinski definition) is 4. The molecule has 0 bridgehead atoms. The van der Waals surface area contributed by atoms with E-state index in [2.05, 4.69) is 20.4 Å². The molecule has 0 aliphatic heterocycles. The summed E-state index contributed by atoms with van der Waals surface area (Å²) in [6.45, 7) is 2.41. The third-order valence-corrected chi connectivity index (χ3v) is 3.63. The molecule has 0 aliphatic rings. The molecule has 1 N–H and O–H groups in total. The number of fused-ring (bicyclic) bond motifs is 1. The van der Waals surface area contributed by atoms with Crippen LogP contribution in [-0.4, -0.2) is 32.2 Å². The van der Waals surface area contributed by atoms with Crippen LogP contribution in [0.15, 0.2) is 43.1 Å². The Bertz CT molecular complexity index is 803. The number of carbonyl (C=O) groups excluding carboxylic acids is 1. The largest absolute Gasteiger partial charge is 0.350 e. The number of nitrogens with one attached hydrogen (secondary N) is 1. The van der Waals surface area contributed by atoms with Gasteiger partial charge in [-0.05, 0) is 31.2 Å². The normalized spacial score (nSPS) is 12.3. The first-order valence-corrected chi connectivity index (χ1v) is 7.19. The fourth-order valence-corrected chi connectivity index (χ4v) is 2.36. The highest BCUT2D eigenvalue weighted by atomic mass is 35.5. The van der Waals surface area contributed by atoms with Gasteiger partial charge in [-0.25, -0.2) is 9.67 Å². The van der Waals surface area contributed by atoms with Crippen molar-refractivity contribution in [2.45, 2.75) is 13.0 Å². The van der Waals surface area contributed by atoms with Crippen molar-refractivity contribution in [3.63, 3.8) is 0 Å². The summed E-state index contributed by atoms with van der Waals surface area (Å²) in [6, 6.07) is 7.01. The Kier molecular flexibility index (Phi) is 4.02. The highest BCUT2D eigenvalue weighted by molar-refractivity contribution is 6.31. The standard InChI is InChI=1S/C15H14ClN5O/c1-10(21-9-17-8-20-21)7-19-15(22)12-4-5-18-14-3-2-11(16)6-13(12)14/h2-6,8-10H,7H2,1H3,(H,19,22)/t10-/m1/s1. The zero-order chi connectivity index (χ0) is 15.5. The average molecular weight is 316 g/mol. The van der Waals surface area contributed by atoms with Crippen molar-refractivity contribution in [2.24, 2.45) is 0 Å². The fourth-order valence-electron chi connectivity index (χ4n) is 2.19. The molecule has 1 atom stereocenters. The lowest BCUT2D eigenvalue weighted by Crippen LogP contribution is -2.30. The van der Waals surface area contributed by atoms with Gasteiger partial charge < -0.3 is 5.32 Å². The molecule has 112 valence electrons. The van der Waals surface area contributed by atoms with Crippen LogP contribution in [0.5, 0.6) is 0 Å². The Morgan fingerprint density at radius 1 is 1.41 bits per heavy atom. The van der Waals surface area contributed by atoms with Crippen LogP contribution in [0.3, 0.4) is 0 Å². The van der Waals surface area contributed by atoms with E-state index >= 15 is 0 Å². The molecule has 2 heterocycles. The summed E-state index contributed by atoms with van der Waals surface area (Å²) < 4.78 is 1.70. The maximum atomic E-state index is 12.4. The van der Waals surface area contributed by atoms with E-state index < -0.39 is 0 Å². The highest BCUT2D eigenvalue weighted by Gasteiger charge is 2.13. The van der Waals surface area contributed by atoms with Crippen LogP contribution in [0.2, 0.25) is 5.02 Å². The second-order valence-electron chi connectivity index (χ2n) is 4.95. The van der Waals surface area contributed by atoms with Crippen molar-refractivity contribution in [1.29, 1.82) is 0 Å². The average Bonchev–Trinajstić information content (AvgIpc) is 3.06. The van der Waals surface area contributed by atoms with Crippen LogP contribution in [0.4, 0.5) is 0 Å². The Morgan fingerprint density at radius 3 is 3.05 bits per heavy atom. The number of amides is 1. The smallest absolute Gasteiger partial charge is 0.252 e. The predicted molar refractivity (Wildman–Crippen MR) is 83.8 cm³/mol. The molecule has 0 radical (unpaired) electrons. The SMILES string of the molecule is C[C@H](CNC(=O)c1ccnc2ccc(Cl)cc12)n1cncn1. The molecule has 2 aromatic heterocycles. The molecule has 0 unspecified atom stereocenters. The number of halogens is 1. The van der Waals surface area contributed by atoms with Gasteiger partial charge >= 0.3 is 0 Å². The van der Waals surface area contributed by atoms with Crippen LogP contribution < -0.4 is 5.32 Å². The molecule has 0 saturated carbocycles. The molecule has 0 saturated heterocycles. The van der Waals surface area contributed by atoms with E-state index in [1.54, 1.807) is 41.5 Å². The molecule has 7 heteroatoms. The van der Waals surface area contributed by atoms with Gasteiger partial charge in [-0.1, -0.05) is 11.6 Å². The van der Waals surface area contributed by atoms with Crippen LogP contribution in [0.1, 0.15) is 23.3 Å². The van der Waals surface area contributed by atoms with E-state index in [0.29, 0.717) is 17.1 Å². The summed E-state index contributed by atoms with van der Waals surface area (Å²) in [6.07, 6.45) is 4.71. The maximum Gasteiger partial charge on any atom is 0.252 e. The van der Waals surface area contributed by atoms with E-state index in [4.69, 9.17) is 11.6 Å². The van der Waals surface area contributed by atoms with Crippen molar-refractivity contribution >= 4 is 28.4 Å². The summed E-state index contributed by atoms with van der Waals surface area (Å²) in [5.41, 5.74) is 1.29. The lowest BCUT2D eigenvalue weighted by atomic mass is 10.1. The monoisotopic (exact) mass is 315 g/mol. The highest BCUT2D eigenvalue weighted by Crippen LogP contribution is 2.21. The quantitative estimate of drug-likeness (QED) is 0.802. The number of rotatable bonds is 4. The van der Waals surface area contributed by atoms with Gasteiger partial charge in [0.15, 0.2) is 0 Å². The number of benzene rings is 1. The lowest BCUT2D eigenvalue weighted by Gasteiger charge is -2.13. The minimum absolute atomic E-state index is 0.0168. The Labute approximate surface area is 132 Å². The second kappa shape index (κ2) is 6.11. The van der Waals surface area contributed by atoms with Crippen molar-refractivity contribution in [3.05, 3.63) is 53.7 Å². The van der Waals surface area contributed by atoms with Gasteiger partial charge in [0.05, 0.1) is 17.1 Å². The third-order valence-electron chi connectivity index (χ3n) is 3.39. The predicted octanol–water partition coefficient (Wildman–Crippen LogP) is 2.47. The van der Waals surface area contributed by atoms with Crippen molar-refractivity contribution < 1.29 is 4.79 Å². The Balaban J connectivity index is 1.79. The molecule has 1 aromatic carbocycles. The van der Waals surface area contributed by atoms with Crippen LogP contribution in [0, 0.1) is 0 Å². The molecule has 0 fully saturated rings.